The molecule has 0 radical (unpaired) electrons. The SMILES string of the molecule is O=S([O-])c1ccc(F)c2ncc(I)cc12.[Na+]. The summed E-state index contributed by atoms with van der Waals surface area (Å²) in [6.45, 7) is 0. The summed E-state index contributed by atoms with van der Waals surface area (Å²) in [4.78, 5) is 3.93. The summed E-state index contributed by atoms with van der Waals surface area (Å²) in [7, 11) is 0. The minimum absolute atomic E-state index is 0. The number of rotatable bonds is 1. The predicted molar refractivity (Wildman–Crippen MR) is 61.6 cm³/mol. The molecule has 1 aromatic carbocycles. The topological polar surface area (TPSA) is 53.0 Å². The Morgan fingerprint density at radius 3 is 2.75 bits per heavy atom. The average Bonchev–Trinajstić information content (AvgIpc) is 2.17. The fourth-order valence-corrected chi connectivity index (χ4v) is 2.25. The van der Waals surface area contributed by atoms with Gasteiger partial charge in [0, 0.05) is 20.0 Å². The van der Waals surface area contributed by atoms with E-state index in [-0.39, 0.29) is 40.0 Å². The molecule has 78 valence electrons. The summed E-state index contributed by atoms with van der Waals surface area (Å²) < 4.78 is 35.8. The standard InChI is InChI=1S/C9H5FINO2S.Na/c10-7-1-2-8(15(13)14)6-3-5(11)4-12-9(6)7;/h1-4H,(H,13,14);/q;+1/p-1. The van der Waals surface area contributed by atoms with E-state index < -0.39 is 16.9 Å². The molecule has 0 saturated heterocycles. The van der Waals surface area contributed by atoms with Gasteiger partial charge < -0.3 is 4.55 Å². The van der Waals surface area contributed by atoms with Crippen LogP contribution < -0.4 is 29.6 Å². The fraction of sp³-hybridized carbons (Fsp3) is 0. The molecule has 1 unspecified atom stereocenters. The third kappa shape index (κ3) is 2.80. The molecular formula is C9H4FINNaO2S. The molecule has 0 aliphatic rings. The van der Waals surface area contributed by atoms with Crippen LogP contribution >= 0.6 is 22.6 Å². The van der Waals surface area contributed by atoms with Gasteiger partial charge in [-0.05, 0) is 51.9 Å². The van der Waals surface area contributed by atoms with Crippen molar-refractivity contribution in [2.24, 2.45) is 0 Å². The van der Waals surface area contributed by atoms with Gasteiger partial charge in [0.1, 0.15) is 11.3 Å². The van der Waals surface area contributed by atoms with Crippen LogP contribution in [-0.4, -0.2) is 13.7 Å². The van der Waals surface area contributed by atoms with Gasteiger partial charge in [-0.25, -0.2) is 4.39 Å². The number of halogens is 2. The largest absolute Gasteiger partial charge is 1.00 e. The third-order valence-electron chi connectivity index (χ3n) is 1.91. The Hall–Kier alpha value is 0.400. The zero-order chi connectivity index (χ0) is 11.0. The second-order valence-corrected chi connectivity index (χ2v) is 4.98. The van der Waals surface area contributed by atoms with E-state index in [9.17, 15) is 13.2 Å². The van der Waals surface area contributed by atoms with Gasteiger partial charge in [0.25, 0.3) is 0 Å². The van der Waals surface area contributed by atoms with E-state index in [0.717, 1.165) is 9.64 Å². The van der Waals surface area contributed by atoms with Crippen molar-refractivity contribution >= 4 is 44.6 Å². The molecule has 0 spiro atoms. The smallest absolute Gasteiger partial charge is 0.768 e. The summed E-state index contributed by atoms with van der Waals surface area (Å²) in [6, 6.07) is 3.93. The number of aromatic nitrogens is 1. The van der Waals surface area contributed by atoms with Crippen molar-refractivity contribution in [3.8, 4) is 0 Å². The minimum atomic E-state index is -2.38. The Morgan fingerprint density at radius 1 is 1.44 bits per heavy atom. The Kier molecular flexibility index (Phi) is 5.27. The number of nitrogens with zero attached hydrogens (tertiary/aromatic N) is 1. The van der Waals surface area contributed by atoms with Crippen molar-refractivity contribution < 1.29 is 42.7 Å². The van der Waals surface area contributed by atoms with Gasteiger partial charge in [0.2, 0.25) is 0 Å². The molecule has 0 bridgehead atoms. The molecule has 0 amide bonds. The van der Waals surface area contributed by atoms with Gasteiger partial charge >= 0.3 is 29.6 Å². The van der Waals surface area contributed by atoms with Gasteiger partial charge in [-0.15, -0.1) is 0 Å². The molecule has 0 saturated carbocycles. The van der Waals surface area contributed by atoms with Gasteiger partial charge in [0.15, 0.2) is 0 Å². The Labute approximate surface area is 130 Å². The Morgan fingerprint density at radius 2 is 2.12 bits per heavy atom. The van der Waals surface area contributed by atoms with Gasteiger partial charge in [-0.2, -0.15) is 0 Å². The van der Waals surface area contributed by atoms with E-state index in [2.05, 4.69) is 4.98 Å². The van der Waals surface area contributed by atoms with Crippen LogP contribution in [0.2, 0.25) is 0 Å². The summed E-state index contributed by atoms with van der Waals surface area (Å²) in [5.74, 6) is -0.518. The molecule has 2 rings (SSSR count). The molecule has 0 aliphatic carbocycles. The molecule has 16 heavy (non-hydrogen) atoms. The number of benzene rings is 1. The predicted octanol–water partition coefficient (Wildman–Crippen LogP) is -0.780. The first kappa shape index (κ1) is 14.5. The van der Waals surface area contributed by atoms with Crippen molar-refractivity contribution in [3.63, 3.8) is 0 Å². The second kappa shape index (κ2) is 5.83. The van der Waals surface area contributed by atoms with Crippen LogP contribution in [0.5, 0.6) is 0 Å². The van der Waals surface area contributed by atoms with Crippen LogP contribution in [0.4, 0.5) is 4.39 Å². The molecular weight excluding hydrogens is 355 g/mol. The Balaban J connectivity index is 0.00000128. The summed E-state index contributed by atoms with van der Waals surface area (Å²) in [5.41, 5.74) is 0.0807. The minimum Gasteiger partial charge on any atom is -0.768 e. The van der Waals surface area contributed by atoms with E-state index in [0.29, 0.717) is 5.39 Å². The first-order valence-electron chi connectivity index (χ1n) is 3.92. The summed E-state index contributed by atoms with van der Waals surface area (Å²) in [6.07, 6.45) is 1.49. The maximum atomic E-state index is 13.3. The van der Waals surface area contributed by atoms with Gasteiger partial charge in [-0.1, -0.05) is 0 Å². The number of fused-ring (bicyclic) bond motifs is 1. The average molecular weight is 359 g/mol. The van der Waals surface area contributed by atoms with Crippen LogP contribution in [0.15, 0.2) is 29.3 Å². The van der Waals surface area contributed by atoms with E-state index in [4.69, 9.17) is 0 Å². The number of hydrogen-bond acceptors (Lipinski definition) is 3. The summed E-state index contributed by atoms with van der Waals surface area (Å²) in [5, 5.41) is 0.315. The molecule has 1 atom stereocenters. The Bertz CT molecular complexity index is 566. The van der Waals surface area contributed by atoms with Crippen molar-refractivity contribution in [2.75, 3.05) is 0 Å². The maximum absolute atomic E-state index is 13.3. The quantitative estimate of drug-likeness (QED) is 0.382. The monoisotopic (exact) mass is 359 g/mol. The van der Waals surface area contributed by atoms with E-state index in [1.165, 1.54) is 12.3 Å². The zero-order valence-corrected chi connectivity index (χ0v) is 13.2. The molecule has 0 fully saturated rings. The van der Waals surface area contributed by atoms with Crippen LogP contribution in [-0.2, 0) is 11.1 Å². The molecule has 1 aromatic heterocycles. The molecule has 3 nitrogen and oxygen atoms in total. The molecule has 1 heterocycles. The van der Waals surface area contributed by atoms with Gasteiger partial charge in [-0.3, -0.25) is 9.19 Å². The van der Waals surface area contributed by atoms with Crippen molar-refractivity contribution in [1.29, 1.82) is 0 Å². The van der Waals surface area contributed by atoms with Gasteiger partial charge in [0.05, 0.1) is 0 Å². The first-order chi connectivity index (χ1) is 7.09. The van der Waals surface area contributed by atoms with E-state index in [1.807, 2.05) is 22.6 Å². The molecule has 0 aliphatic heterocycles. The molecule has 2 aromatic rings. The van der Waals surface area contributed by atoms with E-state index in [1.54, 1.807) is 6.07 Å². The van der Waals surface area contributed by atoms with Crippen molar-refractivity contribution in [1.82, 2.24) is 4.98 Å². The molecule has 0 N–H and O–H groups in total. The third-order valence-corrected chi connectivity index (χ3v) is 3.21. The van der Waals surface area contributed by atoms with Crippen LogP contribution in [0.1, 0.15) is 0 Å². The van der Waals surface area contributed by atoms with Crippen LogP contribution in [0, 0.1) is 9.39 Å². The summed E-state index contributed by atoms with van der Waals surface area (Å²) >= 11 is -0.386. The number of pyridine rings is 1. The van der Waals surface area contributed by atoms with Crippen LogP contribution in [0.25, 0.3) is 10.9 Å². The van der Waals surface area contributed by atoms with Crippen molar-refractivity contribution in [2.45, 2.75) is 4.90 Å². The van der Waals surface area contributed by atoms with Crippen LogP contribution in [0.3, 0.4) is 0 Å². The fourth-order valence-electron chi connectivity index (χ4n) is 1.28. The maximum Gasteiger partial charge on any atom is 1.00 e. The number of hydrogen-bond donors (Lipinski definition) is 0. The van der Waals surface area contributed by atoms with E-state index >= 15 is 0 Å². The zero-order valence-electron chi connectivity index (χ0n) is 8.24. The normalized spacial score (nSPS) is 12.2. The second-order valence-electron chi connectivity index (χ2n) is 2.83. The first-order valence-corrected chi connectivity index (χ1v) is 6.08. The van der Waals surface area contributed by atoms with Crippen molar-refractivity contribution in [3.05, 3.63) is 33.8 Å². The molecule has 7 heteroatoms.